The molecule has 112 valence electrons. The first-order valence-electron chi connectivity index (χ1n) is 6.60. The van der Waals surface area contributed by atoms with E-state index in [1.54, 1.807) is 18.3 Å². The van der Waals surface area contributed by atoms with Crippen LogP contribution in [0.4, 0.5) is 10.5 Å². The molecule has 0 radical (unpaired) electrons. The Kier molecular flexibility index (Phi) is 6.14. The van der Waals surface area contributed by atoms with Crippen molar-refractivity contribution in [1.82, 2.24) is 10.3 Å². The molecule has 0 saturated carbocycles. The third-order valence-electron chi connectivity index (χ3n) is 2.81. The summed E-state index contributed by atoms with van der Waals surface area (Å²) in [4.78, 5) is 29.1. The van der Waals surface area contributed by atoms with Crippen molar-refractivity contribution in [3.8, 4) is 6.07 Å². The lowest BCUT2D eigenvalue weighted by molar-refractivity contribution is -0.122. The van der Waals surface area contributed by atoms with Gasteiger partial charge in [-0.2, -0.15) is 5.26 Å². The first-order valence-corrected chi connectivity index (χ1v) is 6.60. The highest BCUT2D eigenvalue weighted by Crippen LogP contribution is 2.20. The summed E-state index contributed by atoms with van der Waals surface area (Å²) in [6.07, 6.45) is 3.46. The third kappa shape index (κ3) is 4.76. The van der Waals surface area contributed by atoms with Gasteiger partial charge in [-0.05, 0) is 24.5 Å². The summed E-state index contributed by atoms with van der Waals surface area (Å²) in [5, 5.41) is 11.0. The van der Waals surface area contributed by atoms with Gasteiger partial charge in [0.25, 0.3) is 0 Å². The summed E-state index contributed by atoms with van der Waals surface area (Å²) in [6, 6.07) is 3.64. The Labute approximate surface area is 123 Å². The standard InChI is InChI=1S/C14H19N5O2/c1-10(2)8-12(13(20)18-7-5-15)19(14(16)21)11-4-3-6-17-9-11/h3-4,6,9-10,12H,7-8H2,1-2H3,(H2,16,21)(H,18,20). The molecule has 21 heavy (non-hydrogen) atoms. The molecule has 7 nitrogen and oxygen atoms in total. The van der Waals surface area contributed by atoms with Crippen LogP contribution in [0, 0.1) is 17.2 Å². The molecule has 1 unspecified atom stereocenters. The topological polar surface area (TPSA) is 112 Å². The number of pyridine rings is 1. The highest BCUT2D eigenvalue weighted by Gasteiger charge is 2.30. The predicted molar refractivity (Wildman–Crippen MR) is 78.2 cm³/mol. The van der Waals surface area contributed by atoms with Gasteiger partial charge in [0.2, 0.25) is 5.91 Å². The lowest BCUT2D eigenvalue weighted by Crippen LogP contribution is -2.52. The van der Waals surface area contributed by atoms with Crippen LogP contribution in [-0.4, -0.2) is 29.5 Å². The van der Waals surface area contributed by atoms with Crippen molar-refractivity contribution in [3.05, 3.63) is 24.5 Å². The van der Waals surface area contributed by atoms with Gasteiger partial charge in [0, 0.05) is 6.20 Å². The maximum absolute atomic E-state index is 12.2. The predicted octanol–water partition coefficient (Wildman–Crippen LogP) is 1.02. The summed E-state index contributed by atoms with van der Waals surface area (Å²) in [6.45, 7) is 3.76. The minimum atomic E-state index is -0.778. The summed E-state index contributed by atoms with van der Waals surface area (Å²) in [7, 11) is 0. The summed E-state index contributed by atoms with van der Waals surface area (Å²) in [5.41, 5.74) is 5.87. The van der Waals surface area contributed by atoms with Crippen LogP contribution in [0.15, 0.2) is 24.5 Å². The first kappa shape index (κ1) is 16.4. The minimum absolute atomic E-state index is 0.118. The Hall–Kier alpha value is -2.62. The van der Waals surface area contributed by atoms with Crippen LogP contribution in [-0.2, 0) is 4.79 Å². The molecule has 0 fully saturated rings. The zero-order valence-corrected chi connectivity index (χ0v) is 12.1. The van der Waals surface area contributed by atoms with Gasteiger partial charge in [-0.1, -0.05) is 13.8 Å². The number of anilines is 1. The van der Waals surface area contributed by atoms with Crippen molar-refractivity contribution in [2.75, 3.05) is 11.4 Å². The molecule has 1 atom stereocenters. The molecule has 1 rings (SSSR count). The number of nitrogens with two attached hydrogens (primary N) is 1. The number of nitrogens with one attached hydrogen (secondary N) is 1. The second kappa shape index (κ2) is 7.85. The first-order chi connectivity index (χ1) is 9.97. The Morgan fingerprint density at radius 1 is 1.52 bits per heavy atom. The Morgan fingerprint density at radius 3 is 2.71 bits per heavy atom. The van der Waals surface area contributed by atoms with E-state index in [0.717, 1.165) is 0 Å². The molecule has 1 aromatic rings. The van der Waals surface area contributed by atoms with Crippen LogP contribution >= 0.6 is 0 Å². The lowest BCUT2D eigenvalue weighted by Gasteiger charge is -2.30. The van der Waals surface area contributed by atoms with Crippen LogP contribution in [0.1, 0.15) is 20.3 Å². The molecule has 3 N–H and O–H groups in total. The van der Waals surface area contributed by atoms with E-state index in [9.17, 15) is 9.59 Å². The molecule has 0 spiro atoms. The molecule has 0 bridgehead atoms. The average molecular weight is 289 g/mol. The van der Waals surface area contributed by atoms with E-state index < -0.39 is 18.0 Å². The smallest absolute Gasteiger partial charge is 0.320 e. The van der Waals surface area contributed by atoms with Crippen molar-refractivity contribution >= 4 is 17.6 Å². The Morgan fingerprint density at radius 2 is 2.24 bits per heavy atom. The lowest BCUT2D eigenvalue weighted by atomic mass is 10.0. The number of aromatic nitrogens is 1. The molecule has 0 saturated heterocycles. The monoisotopic (exact) mass is 289 g/mol. The molecule has 1 heterocycles. The summed E-state index contributed by atoms with van der Waals surface area (Å²) < 4.78 is 0. The number of primary amides is 1. The number of nitriles is 1. The van der Waals surface area contributed by atoms with Crippen molar-refractivity contribution in [2.24, 2.45) is 11.7 Å². The van der Waals surface area contributed by atoms with E-state index in [0.29, 0.717) is 12.1 Å². The van der Waals surface area contributed by atoms with Crippen molar-refractivity contribution in [1.29, 1.82) is 5.26 Å². The number of urea groups is 1. The molecule has 0 aliphatic heterocycles. The second-order valence-electron chi connectivity index (χ2n) is 4.94. The number of amides is 3. The van der Waals surface area contributed by atoms with Gasteiger partial charge in [-0.3, -0.25) is 14.7 Å². The molecule has 1 aromatic heterocycles. The van der Waals surface area contributed by atoms with Crippen LogP contribution < -0.4 is 16.0 Å². The van der Waals surface area contributed by atoms with Crippen LogP contribution in [0.25, 0.3) is 0 Å². The van der Waals surface area contributed by atoms with Gasteiger partial charge in [0.05, 0.1) is 18.0 Å². The van der Waals surface area contributed by atoms with E-state index in [1.165, 1.54) is 11.1 Å². The maximum Gasteiger partial charge on any atom is 0.320 e. The van der Waals surface area contributed by atoms with E-state index in [-0.39, 0.29) is 12.5 Å². The van der Waals surface area contributed by atoms with Gasteiger partial charge in [0.1, 0.15) is 12.6 Å². The number of hydrogen-bond donors (Lipinski definition) is 2. The fraction of sp³-hybridized carbons (Fsp3) is 0.429. The molecular formula is C14H19N5O2. The molecule has 0 aliphatic rings. The van der Waals surface area contributed by atoms with Gasteiger partial charge in [-0.15, -0.1) is 0 Å². The fourth-order valence-electron chi connectivity index (χ4n) is 1.98. The van der Waals surface area contributed by atoms with Crippen molar-refractivity contribution < 1.29 is 9.59 Å². The summed E-state index contributed by atoms with van der Waals surface area (Å²) >= 11 is 0. The quantitative estimate of drug-likeness (QED) is 0.761. The van der Waals surface area contributed by atoms with Gasteiger partial charge in [-0.25, -0.2) is 4.79 Å². The highest BCUT2D eigenvalue weighted by atomic mass is 16.2. The largest absolute Gasteiger partial charge is 0.351 e. The van der Waals surface area contributed by atoms with Crippen molar-refractivity contribution in [2.45, 2.75) is 26.3 Å². The van der Waals surface area contributed by atoms with Gasteiger partial charge < -0.3 is 11.1 Å². The zero-order chi connectivity index (χ0) is 15.8. The molecule has 0 aromatic carbocycles. The fourth-order valence-corrected chi connectivity index (χ4v) is 1.98. The van der Waals surface area contributed by atoms with Gasteiger partial charge >= 0.3 is 6.03 Å². The normalized spacial score (nSPS) is 11.5. The Balaban J connectivity index is 3.10. The second-order valence-corrected chi connectivity index (χ2v) is 4.94. The van der Waals surface area contributed by atoms with Crippen LogP contribution in [0.2, 0.25) is 0 Å². The SMILES string of the molecule is CC(C)CC(C(=O)NCC#N)N(C(N)=O)c1cccnc1. The number of nitrogens with zero attached hydrogens (tertiary/aromatic N) is 3. The van der Waals surface area contributed by atoms with Gasteiger partial charge in [0.15, 0.2) is 0 Å². The number of hydrogen-bond acceptors (Lipinski definition) is 4. The van der Waals surface area contributed by atoms with E-state index >= 15 is 0 Å². The highest BCUT2D eigenvalue weighted by molar-refractivity contribution is 5.99. The van der Waals surface area contributed by atoms with Crippen molar-refractivity contribution in [3.63, 3.8) is 0 Å². The molecule has 0 aliphatic carbocycles. The summed E-state index contributed by atoms with van der Waals surface area (Å²) in [5.74, 6) is -0.241. The molecule has 7 heteroatoms. The van der Waals surface area contributed by atoms with E-state index in [1.807, 2.05) is 19.9 Å². The van der Waals surface area contributed by atoms with E-state index in [2.05, 4.69) is 10.3 Å². The Bertz CT molecular complexity index is 524. The zero-order valence-electron chi connectivity index (χ0n) is 12.1. The average Bonchev–Trinajstić information content (AvgIpc) is 2.44. The van der Waals surface area contributed by atoms with Crippen LogP contribution in [0.3, 0.4) is 0 Å². The number of rotatable bonds is 6. The molecular weight excluding hydrogens is 270 g/mol. The minimum Gasteiger partial charge on any atom is -0.351 e. The molecule has 3 amide bonds. The third-order valence-corrected chi connectivity index (χ3v) is 2.81. The number of carbonyl (C=O) groups excluding carboxylic acids is 2. The number of carbonyl (C=O) groups is 2. The maximum atomic E-state index is 12.2. The van der Waals surface area contributed by atoms with E-state index in [4.69, 9.17) is 11.0 Å². The van der Waals surface area contributed by atoms with Crippen LogP contribution in [0.5, 0.6) is 0 Å².